The quantitative estimate of drug-likeness (QED) is 0.424. The van der Waals surface area contributed by atoms with Gasteiger partial charge in [0, 0.05) is 6.92 Å². The first-order valence-electron chi connectivity index (χ1n) is 10.6. The standard InChI is InChI=1S/C24H35NO4/c1-19-13-14-23(29-21(3)26)12-8-5-9-16-28-25-24(19)20(2)15-17-27-18-22-10-6-4-7-11-22/h4,6-7,10-11,13-15,19,23-25H,5,8-9,12,16-18H2,1-3H3/t19-,23?,24-/m0/s1. The van der Waals surface area contributed by atoms with E-state index in [4.69, 9.17) is 14.3 Å². The van der Waals surface area contributed by atoms with Crippen molar-refractivity contribution in [3.05, 3.63) is 59.7 Å². The van der Waals surface area contributed by atoms with Crippen LogP contribution < -0.4 is 5.48 Å². The minimum atomic E-state index is -0.232. The summed E-state index contributed by atoms with van der Waals surface area (Å²) in [6, 6.07) is 10.2. The van der Waals surface area contributed by atoms with Gasteiger partial charge in [-0.2, -0.15) is 5.48 Å². The van der Waals surface area contributed by atoms with Crippen molar-refractivity contribution in [1.29, 1.82) is 0 Å². The SMILES string of the molecule is CC(=O)OC1C=C[C@H](C)[C@@H](C(C)=CCOCc2ccccc2)NOCCCCC1. The van der Waals surface area contributed by atoms with Crippen LogP contribution in [0.3, 0.4) is 0 Å². The van der Waals surface area contributed by atoms with Crippen molar-refractivity contribution in [2.45, 2.75) is 65.2 Å². The Morgan fingerprint density at radius 1 is 1.17 bits per heavy atom. The largest absolute Gasteiger partial charge is 0.458 e. The highest BCUT2D eigenvalue weighted by molar-refractivity contribution is 5.66. The number of benzene rings is 1. The van der Waals surface area contributed by atoms with Crippen LogP contribution in [0.25, 0.3) is 0 Å². The van der Waals surface area contributed by atoms with Crippen molar-refractivity contribution < 1.29 is 19.1 Å². The zero-order valence-electron chi connectivity index (χ0n) is 17.9. The van der Waals surface area contributed by atoms with Gasteiger partial charge < -0.3 is 14.3 Å². The molecule has 1 aromatic carbocycles. The summed E-state index contributed by atoms with van der Waals surface area (Å²) in [7, 11) is 0. The highest BCUT2D eigenvalue weighted by Gasteiger charge is 2.19. The third-order valence-electron chi connectivity index (χ3n) is 5.04. The van der Waals surface area contributed by atoms with E-state index in [1.165, 1.54) is 12.5 Å². The molecule has 0 aliphatic carbocycles. The summed E-state index contributed by atoms with van der Waals surface area (Å²) < 4.78 is 11.2. The second-order valence-corrected chi connectivity index (χ2v) is 7.63. The molecule has 1 aliphatic rings. The number of hydrogen-bond donors (Lipinski definition) is 1. The van der Waals surface area contributed by atoms with E-state index in [1.54, 1.807) is 0 Å². The topological polar surface area (TPSA) is 56.8 Å². The van der Waals surface area contributed by atoms with Gasteiger partial charge in [-0.15, -0.1) is 0 Å². The molecule has 29 heavy (non-hydrogen) atoms. The number of rotatable bonds is 6. The lowest BCUT2D eigenvalue weighted by Gasteiger charge is -2.25. The molecule has 160 valence electrons. The Bertz CT molecular complexity index is 656. The second kappa shape index (κ2) is 13.3. The highest BCUT2D eigenvalue weighted by Crippen LogP contribution is 2.18. The Balaban J connectivity index is 1.96. The fraction of sp³-hybridized carbons (Fsp3) is 0.542. The van der Waals surface area contributed by atoms with Crippen molar-refractivity contribution in [3.63, 3.8) is 0 Å². The number of carbonyl (C=O) groups is 1. The first-order valence-corrected chi connectivity index (χ1v) is 10.6. The van der Waals surface area contributed by atoms with Gasteiger partial charge in [-0.1, -0.05) is 61.4 Å². The summed E-state index contributed by atoms with van der Waals surface area (Å²) in [5.41, 5.74) is 5.55. The van der Waals surface area contributed by atoms with E-state index in [1.807, 2.05) is 24.3 Å². The molecule has 0 aromatic heterocycles. The van der Waals surface area contributed by atoms with E-state index in [9.17, 15) is 4.79 Å². The molecular formula is C24H35NO4. The van der Waals surface area contributed by atoms with Crippen LogP contribution in [0.5, 0.6) is 0 Å². The summed E-state index contributed by atoms with van der Waals surface area (Å²) in [5.74, 6) is -0.0538. The third kappa shape index (κ3) is 9.39. The molecule has 3 atom stereocenters. The smallest absolute Gasteiger partial charge is 0.303 e. The Kier molecular flexibility index (Phi) is 10.7. The lowest BCUT2D eigenvalue weighted by molar-refractivity contribution is -0.144. The number of hydrogen-bond acceptors (Lipinski definition) is 5. The maximum Gasteiger partial charge on any atom is 0.303 e. The fourth-order valence-electron chi connectivity index (χ4n) is 3.35. The molecule has 0 amide bonds. The molecule has 5 heteroatoms. The summed E-state index contributed by atoms with van der Waals surface area (Å²) in [6.07, 6.45) is 9.96. The normalized spacial score (nSPS) is 24.4. The van der Waals surface area contributed by atoms with Crippen LogP contribution >= 0.6 is 0 Å². The molecule has 1 aromatic rings. The monoisotopic (exact) mass is 401 g/mol. The second-order valence-electron chi connectivity index (χ2n) is 7.63. The highest BCUT2D eigenvalue weighted by atomic mass is 16.6. The molecule has 1 aliphatic heterocycles. The van der Waals surface area contributed by atoms with Gasteiger partial charge >= 0.3 is 5.97 Å². The lowest BCUT2D eigenvalue weighted by atomic mass is 9.94. The van der Waals surface area contributed by atoms with E-state index in [2.05, 4.69) is 43.6 Å². The minimum absolute atomic E-state index is 0.0315. The van der Waals surface area contributed by atoms with Gasteiger partial charge in [-0.25, -0.2) is 0 Å². The van der Waals surface area contributed by atoms with E-state index < -0.39 is 0 Å². The molecule has 5 nitrogen and oxygen atoms in total. The molecule has 1 unspecified atom stereocenters. The van der Waals surface area contributed by atoms with Gasteiger partial charge in [-0.05, 0) is 43.7 Å². The minimum Gasteiger partial charge on any atom is -0.458 e. The van der Waals surface area contributed by atoms with Crippen LogP contribution in [0, 0.1) is 5.92 Å². The molecule has 2 rings (SSSR count). The molecule has 0 fully saturated rings. The predicted octanol–water partition coefficient (Wildman–Crippen LogP) is 4.74. The Morgan fingerprint density at radius 2 is 1.97 bits per heavy atom. The first kappa shape index (κ1) is 23.3. The van der Waals surface area contributed by atoms with E-state index in [-0.39, 0.29) is 24.0 Å². The van der Waals surface area contributed by atoms with Crippen molar-refractivity contribution in [3.8, 4) is 0 Å². The maximum absolute atomic E-state index is 11.4. The Hall–Kier alpha value is -1.95. The number of carbonyl (C=O) groups excluding carboxylic acids is 1. The van der Waals surface area contributed by atoms with Crippen LogP contribution in [0.15, 0.2) is 54.1 Å². The molecular weight excluding hydrogens is 366 g/mol. The maximum atomic E-state index is 11.4. The van der Waals surface area contributed by atoms with Gasteiger partial charge in [0.15, 0.2) is 0 Å². The van der Waals surface area contributed by atoms with Crippen molar-refractivity contribution in [1.82, 2.24) is 5.48 Å². The van der Waals surface area contributed by atoms with E-state index in [0.717, 1.165) is 31.3 Å². The van der Waals surface area contributed by atoms with Gasteiger partial charge in [0.1, 0.15) is 6.10 Å². The number of esters is 1. The van der Waals surface area contributed by atoms with Crippen molar-refractivity contribution in [2.75, 3.05) is 13.2 Å². The van der Waals surface area contributed by atoms with E-state index in [0.29, 0.717) is 19.8 Å². The summed E-state index contributed by atoms with van der Waals surface area (Å²) in [4.78, 5) is 17.1. The number of ether oxygens (including phenoxy) is 2. The number of hydroxylamine groups is 1. The molecule has 0 saturated carbocycles. The molecule has 0 saturated heterocycles. The molecule has 0 spiro atoms. The fourth-order valence-corrected chi connectivity index (χ4v) is 3.35. The Morgan fingerprint density at radius 3 is 2.72 bits per heavy atom. The van der Waals surface area contributed by atoms with Crippen LogP contribution in [0.4, 0.5) is 0 Å². The van der Waals surface area contributed by atoms with Crippen LogP contribution in [0.2, 0.25) is 0 Å². The molecule has 1 heterocycles. The third-order valence-corrected chi connectivity index (χ3v) is 5.04. The van der Waals surface area contributed by atoms with Crippen molar-refractivity contribution in [2.24, 2.45) is 5.92 Å². The van der Waals surface area contributed by atoms with Crippen molar-refractivity contribution >= 4 is 5.97 Å². The van der Waals surface area contributed by atoms with Gasteiger partial charge in [0.2, 0.25) is 0 Å². The molecule has 1 N–H and O–H groups in total. The zero-order valence-corrected chi connectivity index (χ0v) is 17.9. The predicted molar refractivity (Wildman–Crippen MR) is 115 cm³/mol. The number of nitrogens with one attached hydrogen (secondary N) is 1. The molecule has 0 bridgehead atoms. The van der Waals surface area contributed by atoms with Gasteiger partial charge in [0.25, 0.3) is 0 Å². The zero-order chi connectivity index (χ0) is 20.9. The summed E-state index contributed by atoms with van der Waals surface area (Å²) >= 11 is 0. The van der Waals surface area contributed by atoms with Crippen LogP contribution in [-0.4, -0.2) is 31.3 Å². The van der Waals surface area contributed by atoms with Gasteiger partial charge in [-0.3, -0.25) is 4.79 Å². The van der Waals surface area contributed by atoms with Crippen LogP contribution in [-0.2, 0) is 25.7 Å². The Labute approximate surface area is 175 Å². The summed E-state index contributed by atoms with van der Waals surface area (Å²) in [5, 5.41) is 0. The summed E-state index contributed by atoms with van der Waals surface area (Å²) in [6.45, 7) is 7.50. The van der Waals surface area contributed by atoms with Gasteiger partial charge in [0.05, 0.1) is 25.9 Å². The molecule has 0 radical (unpaired) electrons. The van der Waals surface area contributed by atoms with Crippen LogP contribution in [0.1, 0.15) is 52.0 Å². The average Bonchev–Trinajstić information content (AvgIpc) is 2.70. The lowest BCUT2D eigenvalue weighted by Crippen LogP contribution is -2.36. The average molecular weight is 402 g/mol. The first-order chi connectivity index (χ1) is 14.1. The van der Waals surface area contributed by atoms with E-state index >= 15 is 0 Å².